The highest BCUT2D eigenvalue weighted by Gasteiger charge is 2.24. The van der Waals surface area contributed by atoms with Gasteiger partial charge in [0, 0.05) is 31.6 Å². The molecule has 0 fully saturated rings. The number of nitrogens with zero attached hydrogens (tertiary/aromatic N) is 4. The molecule has 1 aromatic carbocycles. The fraction of sp³-hybridized carbons (Fsp3) is 0.409. The predicted octanol–water partition coefficient (Wildman–Crippen LogP) is 4.22. The van der Waals surface area contributed by atoms with Crippen LogP contribution in [0.3, 0.4) is 0 Å². The number of carbonyl (C=O) groups is 1. The SMILES string of the molecule is COCCN(C)C(=O)Cc1csc(-c2cnn(C(C)(C)C)c2-c2ccc(F)cc2)n1. The molecule has 0 saturated carbocycles. The molecule has 0 aliphatic carbocycles. The van der Waals surface area contributed by atoms with Crippen LogP contribution in [0.25, 0.3) is 21.8 Å². The minimum atomic E-state index is -0.283. The van der Waals surface area contributed by atoms with Crippen molar-refractivity contribution >= 4 is 17.2 Å². The molecule has 0 aliphatic heterocycles. The van der Waals surface area contributed by atoms with Crippen LogP contribution in [0.5, 0.6) is 0 Å². The van der Waals surface area contributed by atoms with E-state index in [4.69, 9.17) is 9.72 Å². The Bertz CT molecular complexity index is 1010. The molecule has 0 radical (unpaired) electrons. The number of ether oxygens (including phenoxy) is 1. The number of aromatic nitrogens is 3. The zero-order valence-corrected chi connectivity index (χ0v) is 18.8. The maximum Gasteiger partial charge on any atom is 0.228 e. The van der Waals surface area contributed by atoms with Crippen molar-refractivity contribution in [3.8, 4) is 21.8 Å². The molecular formula is C22H27FN4O2S. The van der Waals surface area contributed by atoms with E-state index < -0.39 is 0 Å². The third kappa shape index (κ3) is 4.94. The lowest BCUT2D eigenvalue weighted by molar-refractivity contribution is -0.129. The van der Waals surface area contributed by atoms with E-state index in [9.17, 15) is 9.18 Å². The zero-order chi connectivity index (χ0) is 21.9. The van der Waals surface area contributed by atoms with Crippen molar-refractivity contribution in [1.29, 1.82) is 0 Å². The summed E-state index contributed by atoms with van der Waals surface area (Å²) in [5, 5.41) is 7.28. The number of benzene rings is 1. The molecule has 6 nitrogen and oxygen atoms in total. The van der Waals surface area contributed by atoms with Crippen LogP contribution < -0.4 is 0 Å². The molecule has 8 heteroatoms. The predicted molar refractivity (Wildman–Crippen MR) is 117 cm³/mol. The van der Waals surface area contributed by atoms with E-state index in [1.807, 2.05) is 10.1 Å². The second-order valence-corrected chi connectivity index (χ2v) is 8.98. The highest BCUT2D eigenvalue weighted by Crippen LogP contribution is 2.36. The number of halogens is 1. The first-order chi connectivity index (χ1) is 14.2. The summed E-state index contributed by atoms with van der Waals surface area (Å²) in [7, 11) is 3.37. The van der Waals surface area contributed by atoms with Gasteiger partial charge in [-0.2, -0.15) is 5.10 Å². The van der Waals surface area contributed by atoms with E-state index in [2.05, 4.69) is 25.9 Å². The first-order valence-electron chi connectivity index (χ1n) is 9.73. The first kappa shape index (κ1) is 22.1. The smallest absolute Gasteiger partial charge is 0.228 e. The van der Waals surface area contributed by atoms with Gasteiger partial charge in [0.15, 0.2) is 0 Å². The van der Waals surface area contributed by atoms with Crippen molar-refractivity contribution in [2.75, 3.05) is 27.3 Å². The molecule has 3 rings (SSSR count). The van der Waals surface area contributed by atoms with Crippen LogP contribution in [0.15, 0.2) is 35.8 Å². The molecule has 0 spiro atoms. The minimum Gasteiger partial charge on any atom is -0.383 e. The summed E-state index contributed by atoms with van der Waals surface area (Å²) < 4.78 is 20.4. The van der Waals surface area contributed by atoms with E-state index in [1.165, 1.54) is 23.5 Å². The van der Waals surface area contributed by atoms with Crippen molar-refractivity contribution in [3.63, 3.8) is 0 Å². The molecule has 2 heterocycles. The van der Waals surface area contributed by atoms with Gasteiger partial charge in [-0.25, -0.2) is 9.37 Å². The molecule has 0 aliphatic rings. The molecule has 160 valence electrons. The largest absolute Gasteiger partial charge is 0.383 e. The van der Waals surface area contributed by atoms with Crippen molar-refractivity contribution in [1.82, 2.24) is 19.7 Å². The maximum absolute atomic E-state index is 13.5. The van der Waals surface area contributed by atoms with E-state index in [1.54, 1.807) is 37.4 Å². The van der Waals surface area contributed by atoms with Crippen molar-refractivity contribution < 1.29 is 13.9 Å². The summed E-state index contributed by atoms with van der Waals surface area (Å²) in [6, 6.07) is 6.39. The average Bonchev–Trinajstić information content (AvgIpc) is 3.33. The number of rotatable bonds is 7. The van der Waals surface area contributed by atoms with Crippen LogP contribution >= 0.6 is 11.3 Å². The summed E-state index contributed by atoms with van der Waals surface area (Å²) in [5.41, 5.74) is 3.07. The minimum absolute atomic E-state index is 0.00644. The highest BCUT2D eigenvalue weighted by atomic mass is 32.1. The van der Waals surface area contributed by atoms with Crippen LogP contribution in [0.2, 0.25) is 0 Å². The molecule has 30 heavy (non-hydrogen) atoms. The Hall–Kier alpha value is -2.58. The van der Waals surface area contributed by atoms with Crippen LogP contribution in [0.4, 0.5) is 4.39 Å². The molecule has 0 saturated heterocycles. The Morgan fingerprint density at radius 1 is 1.27 bits per heavy atom. The Morgan fingerprint density at radius 3 is 2.60 bits per heavy atom. The van der Waals surface area contributed by atoms with E-state index >= 15 is 0 Å². The van der Waals surface area contributed by atoms with Gasteiger partial charge in [-0.3, -0.25) is 9.48 Å². The molecule has 1 amide bonds. The van der Waals surface area contributed by atoms with E-state index in [0.29, 0.717) is 13.2 Å². The second-order valence-electron chi connectivity index (χ2n) is 8.13. The normalized spacial score (nSPS) is 11.7. The van der Waals surface area contributed by atoms with E-state index in [-0.39, 0.29) is 23.7 Å². The fourth-order valence-corrected chi connectivity index (χ4v) is 3.88. The lowest BCUT2D eigenvalue weighted by atomic mass is 10.0. The number of methoxy groups -OCH3 is 1. The fourth-order valence-electron chi connectivity index (χ4n) is 3.05. The van der Waals surface area contributed by atoms with Gasteiger partial charge in [-0.05, 0) is 45.0 Å². The first-order valence-corrected chi connectivity index (χ1v) is 10.6. The van der Waals surface area contributed by atoms with Gasteiger partial charge in [0.25, 0.3) is 0 Å². The van der Waals surface area contributed by atoms with Gasteiger partial charge in [0.2, 0.25) is 5.91 Å². The number of hydrogen-bond acceptors (Lipinski definition) is 5. The Labute approximate surface area is 180 Å². The second kappa shape index (κ2) is 9.06. The Morgan fingerprint density at radius 2 is 1.97 bits per heavy atom. The van der Waals surface area contributed by atoms with Gasteiger partial charge in [-0.1, -0.05) is 0 Å². The van der Waals surface area contributed by atoms with E-state index in [0.717, 1.165) is 27.5 Å². The van der Waals surface area contributed by atoms with Crippen LogP contribution in [0.1, 0.15) is 26.5 Å². The molecule has 3 aromatic rings. The lowest BCUT2D eigenvalue weighted by Crippen LogP contribution is -2.31. The van der Waals surface area contributed by atoms with Crippen LogP contribution in [-0.2, 0) is 21.5 Å². The number of thiazole rings is 1. The van der Waals surface area contributed by atoms with Gasteiger partial charge in [0.05, 0.1) is 41.7 Å². The zero-order valence-electron chi connectivity index (χ0n) is 18.0. The summed E-state index contributed by atoms with van der Waals surface area (Å²) >= 11 is 1.48. The van der Waals surface area contributed by atoms with Crippen LogP contribution in [0, 0.1) is 5.82 Å². The monoisotopic (exact) mass is 430 g/mol. The summed E-state index contributed by atoms with van der Waals surface area (Å²) in [5.74, 6) is -0.289. The molecular weight excluding hydrogens is 403 g/mol. The summed E-state index contributed by atoms with van der Waals surface area (Å²) in [6.07, 6.45) is 2.02. The maximum atomic E-state index is 13.5. The van der Waals surface area contributed by atoms with Crippen LogP contribution in [-0.4, -0.2) is 52.9 Å². The average molecular weight is 431 g/mol. The number of amides is 1. The quantitative estimate of drug-likeness (QED) is 0.563. The molecule has 2 aromatic heterocycles. The van der Waals surface area contributed by atoms with Gasteiger partial charge in [-0.15, -0.1) is 11.3 Å². The van der Waals surface area contributed by atoms with Gasteiger partial charge < -0.3 is 9.64 Å². The topological polar surface area (TPSA) is 60.2 Å². The lowest BCUT2D eigenvalue weighted by Gasteiger charge is -2.23. The van der Waals surface area contributed by atoms with Gasteiger partial charge in [0.1, 0.15) is 10.8 Å². The van der Waals surface area contributed by atoms with Crippen molar-refractivity contribution in [2.45, 2.75) is 32.7 Å². The molecule has 0 atom stereocenters. The summed E-state index contributed by atoms with van der Waals surface area (Å²) in [4.78, 5) is 18.7. The highest BCUT2D eigenvalue weighted by molar-refractivity contribution is 7.13. The Kier molecular flexibility index (Phi) is 6.67. The third-order valence-electron chi connectivity index (χ3n) is 4.69. The third-order valence-corrected chi connectivity index (χ3v) is 5.62. The van der Waals surface area contributed by atoms with Crippen molar-refractivity contribution in [2.24, 2.45) is 0 Å². The molecule has 0 bridgehead atoms. The Balaban J connectivity index is 1.92. The van der Waals surface area contributed by atoms with Gasteiger partial charge >= 0.3 is 0 Å². The summed E-state index contributed by atoms with van der Waals surface area (Å²) in [6.45, 7) is 7.24. The standard InChI is InChI=1S/C22H27FN4O2S/c1-22(2,3)27-20(15-6-8-16(23)9-7-15)18(13-24-27)21-25-17(14-30-21)12-19(28)26(4)10-11-29-5/h6-9,13-14H,10-12H2,1-5H3. The molecule has 0 N–H and O–H groups in total. The number of carbonyl (C=O) groups excluding carboxylic acids is 1. The number of hydrogen-bond donors (Lipinski definition) is 0. The molecule has 0 unspecified atom stereocenters. The number of likely N-dealkylation sites (N-methyl/N-ethyl adjacent to an activating group) is 1. The van der Waals surface area contributed by atoms with Crippen molar-refractivity contribution in [3.05, 3.63) is 47.4 Å².